The van der Waals surface area contributed by atoms with E-state index in [-0.39, 0.29) is 12.4 Å². The van der Waals surface area contributed by atoms with Crippen LogP contribution in [-0.4, -0.2) is 43.2 Å². The molecule has 3 nitrogen and oxygen atoms in total. The molecule has 15 heavy (non-hydrogen) atoms. The fourth-order valence-electron chi connectivity index (χ4n) is 2.87. The minimum atomic E-state index is 0. The number of nitrogens with one attached hydrogen (secondary N) is 1. The Morgan fingerprint density at radius 2 is 2.07 bits per heavy atom. The lowest BCUT2D eigenvalue weighted by molar-refractivity contribution is 0.0836. The first kappa shape index (κ1) is 13.2. The highest BCUT2D eigenvalue weighted by Crippen LogP contribution is 2.21. The van der Waals surface area contributed by atoms with Crippen LogP contribution in [0.3, 0.4) is 0 Å². The van der Waals surface area contributed by atoms with Crippen molar-refractivity contribution >= 4 is 12.4 Å². The van der Waals surface area contributed by atoms with Gasteiger partial charge < -0.3 is 11.1 Å². The molecule has 2 unspecified atom stereocenters. The number of nitrogens with zero attached hydrogens (tertiary/aromatic N) is 1. The Balaban J connectivity index is 0.00000112. The molecule has 0 aromatic rings. The average molecular weight is 234 g/mol. The highest BCUT2D eigenvalue weighted by molar-refractivity contribution is 5.85. The summed E-state index contributed by atoms with van der Waals surface area (Å²) in [6, 6.07) is 1.42. The largest absolute Gasteiger partial charge is 0.329 e. The summed E-state index contributed by atoms with van der Waals surface area (Å²) < 4.78 is 0. The molecule has 2 rings (SSSR count). The first-order valence-corrected chi connectivity index (χ1v) is 6.08. The second-order valence-electron chi connectivity index (χ2n) is 4.62. The number of hydrogen-bond donors (Lipinski definition) is 2. The summed E-state index contributed by atoms with van der Waals surface area (Å²) in [5.41, 5.74) is 5.84. The molecule has 2 atom stereocenters. The fourth-order valence-corrected chi connectivity index (χ4v) is 2.87. The van der Waals surface area contributed by atoms with E-state index in [4.69, 9.17) is 5.73 Å². The normalized spacial score (nSPS) is 33.4. The Kier molecular flexibility index (Phi) is 5.90. The van der Waals surface area contributed by atoms with Crippen molar-refractivity contribution in [1.29, 1.82) is 0 Å². The molecule has 4 heteroatoms. The number of nitrogens with two attached hydrogens (primary N) is 1. The van der Waals surface area contributed by atoms with Gasteiger partial charge in [0.25, 0.3) is 0 Å². The second-order valence-corrected chi connectivity index (χ2v) is 4.62. The predicted octanol–water partition coefficient (Wildman–Crippen LogP) is 0.973. The van der Waals surface area contributed by atoms with Gasteiger partial charge in [0.05, 0.1) is 0 Å². The van der Waals surface area contributed by atoms with Crippen LogP contribution in [0.1, 0.15) is 32.1 Å². The molecule has 0 amide bonds. The zero-order chi connectivity index (χ0) is 9.80. The van der Waals surface area contributed by atoms with Crippen LogP contribution in [0.15, 0.2) is 0 Å². The lowest BCUT2D eigenvalue weighted by Gasteiger charge is -2.42. The second kappa shape index (κ2) is 6.69. The molecule has 2 fully saturated rings. The van der Waals surface area contributed by atoms with Crippen LogP contribution in [0, 0.1) is 0 Å². The maximum absolute atomic E-state index is 5.84. The van der Waals surface area contributed by atoms with Gasteiger partial charge in [-0.15, -0.1) is 12.4 Å². The third kappa shape index (κ3) is 3.31. The van der Waals surface area contributed by atoms with E-state index >= 15 is 0 Å². The van der Waals surface area contributed by atoms with Crippen molar-refractivity contribution in [3.63, 3.8) is 0 Å². The van der Waals surface area contributed by atoms with E-state index in [0.717, 1.165) is 12.6 Å². The molecule has 2 aliphatic heterocycles. The Labute approximate surface area is 99.2 Å². The van der Waals surface area contributed by atoms with Crippen LogP contribution < -0.4 is 11.1 Å². The van der Waals surface area contributed by atoms with Crippen molar-refractivity contribution in [3.05, 3.63) is 0 Å². The summed E-state index contributed by atoms with van der Waals surface area (Å²) >= 11 is 0. The van der Waals surface area contributed by atoms with Crippen molar-refractivity contribution in [3.8, 4) is 0 Å². The number of piperidine rings is 2. The molecule has 2 saturated heterocycles. The van der Waals surface area contributed by atoms with Gasteiger partial charge in [-0.2, -0.15) is 0 Å². The van der Waals surface area contributed by atoms with Gasteiger partial charge >= 0.3 is 0 Å². The molecule has 0 radical (unpaired) electrons. The van der Waals surface area contributed by atoms with Gasteiger partial charge in [-0.05, 0) is 38.8 Å². The van der Waals surface area contributed by atoms with E-state index in [1.807, 2.05) is 0 Å². The van der Waals surface area contributed by atoms with E-state index in [0.29, 0.717) is 6.04 Å². The SMILES string of the molecule is Cl.NCC1CCCCN1C1CCCNC1. The third-order valence-electron chi connectivity index (χ3n) is 3.68. The van der Waals surface area contributed by atoms with Crippen molar-refractivity contribution in [1.82, 2.24) is 10.2 Å². The molecule has 0 aliphatic carbocycles. The maximum atomic E-state index is 5.84. The van der Waals surface area contributed by atoms with Gasteiger partial charge in [0.2, 0.25) is 0 Å². The van der Waals surface area contributed by atoms with Crippen LogP contribution in [0.2, 0.25) is 0 Å². The summed E-state index contributed by atoms with van der Waals surface area (Å²) in [7, 11) is 0. The number of likely N-dealkylation sites (tertiary alicyclic amines) is 1. The molecule has 0 aromatic heterocycles. The van der Waals surface area contributed by atoms with E-state index in [1.54, 1.807) is 0 Å². The lowest BCUT2D eigenvalue weighted by Crippen LogP contribution is -2.54. The molecule has 0 spiro atoms. The summed E-state index contributed by atoms with van der Waals surface area (Å²) in [5.74, 6) is 0. The van der Waals surface area contributed by atoms with Crippen molar-refractivity contribution in [2.45, 2.75) is 44.2 Å². The number of hydrogen-bond acceptors (Lipinski definition) is 3. The topological polar surface area (TPSA) is 41.3 Å². The van der Waals surface area contributed by atoms with Crippen LogP contribution in [0.5, 0.6) is 0 Å². The maximum Gasteiger partial charge on any atom is 0.0224 e. The van der Waals surface area contributed by atoms with E-state index < -0.39 is 0 Å². The van der Waals surface area contributed by atoms with Gasteiger partial charge in [0, 0.05) is 25.2 Å². The van der Waals surface area contributed by atoms with Crippen molar-refractivity contribution < 1.29 is 0 Å². The molecular weight excluding hydrogens is 210 g/mol. The predicted molar refractivity (Wildman–Crippen MR) is 66.5 cm³/mol. The number of rotatable bonds is 2. The molecule has 0 bridgehead atoms. The molecular formula is C11H24ClN3. The standard InChI is InChI=1S/C11H23N3.ClH/c12-8-10-4-1-2-7-14(10)11-5-3-6-13-9-11;/h10-11,13H,1-9,12H2;1H. The minimum absolute atomic E-state index is 0. The van der Waals surface area contributed by atoms with E-state index in [9.17, 15) is 0 Å². The lowest BCUT2D eigenvalue weighted by atomic mass is 9.96. The van der Waals surface area contributed by atoms with Gasteiger partial charge in [-0.3, -0.25) is 4.90 Å². The van der Waals surface area contributed by atoms with E-state index in [1.165, 1.54) is 51.7 Å². The molecule has 2 heterocycles. The highest BCUT2D eigenvalue weighted by Gasteiger charge is 2.28. The molecule has 0 aromatic carbocycles. The number of halogens is 1. The smallest absolute Gasteiger partial charge is 0.0224 e. The van der Waals surface area contributed by atoms with Crippen LogP contribution >= 0.6 is 12.4 Å². The fraction of sp³-hybridized carbons (Fsp3) is 1.00. The Morgan fingerprint density at radius 3 is 2.73 bits per heavy atom. The summed E-state index contributed by atoms with van der Waals surface area (Å²) in [5, 5.41) is 3.49. The van der Waals surface area contributed by atoms with Gasteiger partial charge in [0.15, 0.2) is 0 Å². The monoisotopic (exact) mass is 233 g/mol. The Bertz CT molecular complexity index is 171. The zero-order valence-corrected chi connectivity index (χ0v) is 10.3. The quantitative estimate of drug-likeness (QED) is 0.747. The average Bonchev–Trinajstić information content (AvgIpc) is 2.30. The van der Waals surface area contributed by atoms with Crippen molar-refractivity contribution in [2.24, 2.45) is 5.73 Å². The van der Waals surface area contributed by atoms with Crippen LogP contribution in [-0.2, 0) is 0 Å². The highest BCUT2D eigenvalue weighted by atomic mass is 35.5. The summed E-state index contributed by atoms with van der Waals surface area (Å²) in [6.45, 7) is 4.50. The van der Waals surface area contributed by atoms with Crippen LogP contribution in [0.25, 0.3) is 0 Å². The zero-order valence-electron chi connectivity index (χ0n) is 9.45. The minimum Gasteiger partial charge on any atom is -0.329 e. The Hall–Kier alpha value is 0.170. The summed E-state index contributed by atoms with van der Waals surface area (Å²) in [6.07, 6.45) is 6.75. The van der Waals surface area contributed by atoms with Crippen molar-refractivity contribution in [2.75, 3.05) is 26.2 Å². The van der Waals surface area contributed by atoms with Gasteiger partial charge in [-0.1, -0.05) is 6.42 Å². The van der Waals surface area contributed by atoms with Gasteiger partial charge in [-0.25, -0.2) is 0 Å². The summed E-state index contributed by atoms with van der Waals surface area (Å²) in [4.78, 5) is 2.66. The molecule has 0 saturated carbocycles. The first-order chi connectivity index (χ1) is 6.92. The van der Waals surface area contributed by atoms with E-state index in [2.05, 4.69) is 10.2 Å². The van der Waals surface area contributed by atoms with Crippen LogP contribution in [0.4, 0.5) is 0 Å². The third-order valence-corrected chi connectivity index (χ3v) is 3.68. The molecule has 2 aliphatic rings. The first-order valence-electron chi connectivity index (χ1n) is 6.08. The Morgan fingerprint density at radius 1 is 1.20 bits per heavy atom. The molecule has 90 valence electrons. The molecule has 3 N–H and O–H groups in total. The van der Waals surface area contributed by atoms with Gasteiger partial charge in [0.1, 0.15) is 0 Å².